The van der Waals surface area contributed by atoms with Gasteiger partial charge in [-0.25, -0.2) is 18.4 Å². The van der Waals surface area contributed by atoms with E-state index in [1.54, 1.807) is 24.3 Å². The van der Waals surface area contributed by atoms with E-state index in [2.05, 4.69) is 25.3 Å². The first-order valence-corrected chi connectivity index (χ1v) is 12.0. The fourth-order valence-electron chi connectivity index (χ4n) is 2.77. The molecule has 0 aliphatic heterocycles. The molecule has 1 heterocycles. The molecular weight excluding hydrogens is 478 g/mol. The van der Waals surface area contributed by atoms with Crippen LogP contribution in [0.15, 0.2) is 65.8 Å². The van der Waals surface area contributed by atoms with Crippen LogP contribution in [0.1, 0.15) is 23.7 Å². The number of benzene rings is 2. The first-order chi connectivity index (χ1) is 16.3. The van der Waals surface area contributed by atoms with Crippen molar-refractivity contribution in [3.8, 4) is 11.6 Å². The molecule has 0 atom stereocenters. The van der Waals surface area contributed by atoms with Crippen LogP contribution >= 0.6 is 12.2 Å². The van der Waals surface area contributed by atoms with Crippen LogP contribution in [0.4, 0.5) is 11.5 Å². The Kier molecular flexibility index (Phi) is 8.33. The second-order valence-corrected chi connectivity index (χ2v) is 8.89. The van der Waals surface area contributed by atoms with Crippen molar-refractivity contribution in [2.24, 2.45) is 0 Å². The predicted molar refractivity (Wildman–Crippen MR) is 132 cm³/mol. The van der Waals surface area contributed by atoms with Gasteiger partial charge in [0.2, 0.25) is 5.82 Å². The Labute approximate surface area is 202 Å². The maximum Gasteiger partial charge on any atom is 0.263 e. The molecule has 3 rings (SSSR count). The van der Waals surface area contributed by atoms with Crippen molar-refractivity contribution in [3.05, 3.63) is 66.5 Å². The van der Waals surface area contributed by atoms with Crippen LogP contribution in [0.25, 0.3) is 0 Å². The molecular formula is C22H23N5O5S2. The van der Waals surface area contributed by atoms with Crippen molar-refractivity contribution in [1.29, 1.82) is 0 Å². The minimum Gasteiger partial charge on any atom is -0.493 e. The Hall–Kier alpha value is -3.77. The number of nitrogens with zero attached hydrogens (tertiary/aromatic N) is 2. The average molecular weight is 502 g/mol. The van der Waals surface area contributed by atoms with Gasteiger partial charge in [0.25, 0.3) is 21.8 Å². The van der Waals surface area contributed by atoms with E-state index in [-0.39, 0.29) is 21.7 Å². The molecule has 0 spiro atoms. The van der Waals surface area contributed by atoms with Crippen molar-refractivity contribution in [1.82, 2.24) is 15.3 Å². The number of para-hydroxylation sites is 1. The zero-order valence-electron chi connectivity index (χ0n) is 18.4. The minimum absolute atomic E-state index is 0.0114. The average Bonchev–Trinajstić information content (AvgIpc) is 2.83. The SMILES string of the molecule is CCCOc1ccccc1C(=O)NC(=S)Nc1ccc(S(=O)(=O)Nc2nccnc2OC)cc1. The fraction of sp³-hybridized carbons (Fsp3) is 0.182. The van der Waals surface area contributed by atoms with Gasteiger partial charge in [-0.3, -0.25) is 14.8 Å². The van der Waals surface area contributed by atoms with Crippen LogP contribution in [0.2, 0.25) is 0 Å². The summed E-state index contributed by atoms with van der Waals surface area (Å²) in [7, 11) is -2.57. The molecule has 3 aromatic rings. The first kappa shape index (κ1) is 24.9. The molecule has 1 amide bonds. The van der Waals surface area contributed by atoms with E-state index >= 15 is 0 Å². The molecule has 0 saturated heterocycles. The summed E-state index contributed by atoms with van der Waals surface area (Å²) in [5.41, 5.74) is 0.837. The Bertz CT molecular complexity index is 1270. The molecule has 1 aromatic heterocycles. The van der Waals surface area contributed by atoms with E-state index < -0.39 is 15.9 Å². The second kappa shape index (κ2) is 11.4. The minimum atomic E-state index is -3.94. The van der Waals surface area contributed by atoms with E-state index in [1.807, 2.05) is 6.92 Å². The van der Waals surface area contributed by atoms with E-state index in [0.717, 1.165) is 6.42 Å². The van der Waals surface area contributed by atoms with Gasteiger partial charge in [0, 0.05) is 18.1 Å². The zero-order valence-corrected chi connectivity index (χ0v) is 20.1. The van der Waals surface area contributed by atoms with E-state index in [1.165, 1.54) is 43.8 Å². The number of aromatic nitrogens is 2. The maximum atomic E-state index is 12.7. The van der Waals surface area contributed by atoms with E-state index in [0.29, 0.717) is 23.6 Å². The predicted octanol–water partition coefficient (Wildman–Crippen LogP) is 3.20. The number of amides is 1. The van der Waals surface area contributed by atoms with Gasteiger partial charge in [-0.2, -0.15) is 0 Å². The summed E-state index contributed by atoms with van der Waals surface area (Å²) >= 11 is 5.22. The van der Waals surface area contributed by atoms with Crippen molar-refractivity contribution >= 4 is 44.8 Å². The Morgan fingerprint density at radius 1 is 1.06 bits per heavy atom. The number of thiocarbonyl (C=S) groups is 1. The molecule has 10 nitrogen and oxygen atoms in total. The number of methoxy groups -OCH3 is 1. The third-order valence-electron chi connectivity index (χ3n) is 4.33. The van der Waals surface area contributed by atoms with Gasteiger partial charge in [-0.1, -0.05) is 19.1 Å². The lowest BCUT2D eigenvalue weighted by atomic mass is 10.2. The molecule has 3 N–H and O–H groups in total. The third kappa shape index (κ3) is 6.39. The van der Waals surface area contributed by atoms with E-state index in [4.69, 9.17) is 21.7 Å². The van der Waals surface area contributed by atoms with Gasteiger partial charge in [0.1, 0.15) is 5.75 Å². The van der Waals surface area contributed by atoms with Crippen molar-refractivity contribution in [2.45, 2.75) is 18.2 Å². The molecule has 0 aliphatic rings. The molecule has 0 unspecified atom stereocenters. The largest absolute Gasteiger partial charge is 0.493 e. The molecule has 2 aromatic carbocycles. The van der Waals surface area contributed by atoms with Gasteiger partial charge >= 0.3 is 0 Å². The lowest BCUT2D eigenvalue weighted by Crippen LogP contribution is -2.34. The molecule has 12 heteroatoms. The summed E-state index contributed by atoms with van der Waals surface area (Å²) < 4.78 is 38.3. The van der Waals surface area contributed by atoms with Crippen LogP contribution in [0.5, 0.6) is 11.6 Å². The first-order valence-electron chi connectivity index (χ1n) is 10.2. The van der Waals surface area contributed by atoms with Gasteiger partial charge in [-0.15, -0.1) is 0 Å². The zero-order chi connectivity index (χ0) is 24.6. The highest BCUT2D eigenvalue weighted by molar-refractivity contribution is 7.92. The van der Waals surface area contributed by atoms with Crippen molar-refractivity contribution < 1.29 is 22.7 Å². The Balaban J connectivity index is 1.64. The van der Waals surface area contributed by atoms with Crippen molar-refractivity contribution in [2.75, 3.05) is 23.8 Å². The van der Waals surface area contributed by atoms with Gasteiger partial charge in [0.05, 0.1) is 24.2 Å². The highest BCUT2D eigenvalue weighted by Gasteiger charge is 2.18. The lowest BCUT2D eigenvalue weighted by Gasteiger charge is -2.13. The Morgan fingerprint density at radius 3 is 2.47 bits per heavy atom. The highest BCUT2D eigenvalue weighted by atomic mass is 32.2. The fourth-order valence-corrected chi connectivity index (χ4v) is 3.99. The number of hydrogen-bond donors (Lipinski definition) is 3. The summed E-state index contributed by atoms with van der Waals surface area (Å²) in [5.74, 6) is 0.0587. The Morgan fingerprint density at radius 2 is 1.76 bits per heavy atom. The van der Waals surface area contributed by atoms with Gasteiger partial charge < -0.3 is 14.8 Å². The summed E-state index contributed by atoms with van der Waals surface area (Å²) in [6.45, 7) is 2.46. The number of nitrogens with one attached hydrogen (secondary N) is 3. The third-order valence-corrected chi connectivity index (χ3v) is 5.89. The molecule has 34 heavy (non-hydrogen) atoms. The highest BCUT2D eigenvalue weighted by Crippen LogP contribution is 2.22. The number of rotatable bonds is 9. The van der Waals surface area contributed by atoms with Crippen LogP contribution in [0, 0.1) is 0 Å². The lowest BCUT2D eigenvalue weighted by molar-refractivity contribution is 0.0973. The normalized spacial score (nSPS) is 10.8. The molecule has 0 radical (unpaired) electrons. The molecule has 178 valence electrons. The molecule has 0 bridgehead atoms. The smallest absolute Gasteiger partial charge is 0.263 e. The van der Waals surface area contributed by atoms with Crippen LogP contribution in [-0.4, -0.2) is 43.1 Å². The molecule has 0 aliphatic carbocycles. The van der Waals surface area contributed by atoms with Gasteiger partial charge in [0.15, 0.2) is 5.11 Å². The van der Waals surface area contributed by atoms with Crippen molar-refractivity contribution in [3.63, 3.8) is 0 Å². The standard InChI is InChI=1S/C22H23N5O5S2/c1-3-14-32-18-7-5-4-6-17(18)20(28)26-22(33)25-15-8-10-16(11-9-15)34(29,30)27-19-21(31-2)24-13-12-23-19/h4-13H,3,14H2,1-2H3,(H,23,27)(H2,25,26,28,33). The number of anilines is 2. The number of ether oxygens (including phenoxy) is 2. The second-order valence-electron chi connectivity index (χ2n) is 6.80. The molecule has 0 fully saturated rings. The van der Waals surface area contributed by atoms with Crippen LogP contribution in [-0.2, 0) is 10.0 Å². The summed E-state index contributed by atoms with van der Waals surface area (Å²) in [6, 6.07) is 12.7. The summed E-state index contributed by atoms with van der Waals surface area (Å²) in [5, 5.41) is 5.50. The number of carbonyl (C=O) groups excluding carboxylic acids is 1. The van der Waals surface area contributed by atoms with Crippen LogP contribution < -0.4 is 24.8 Å². The number of sulfonamides is 1. The quantitative estimate of drug-likeness (QED) is 0.378. The van der Waals surface area contributed by atoms with Crippen LogP contribution in [0.3, 0.4) is 0 Å². The van der Waals surface area contributed by atoms with Gasteiger partial charge in [-0.05, 0) is 55.0 Å². The van der Waals surface area contributed by atoms with E-state index in [9.17, 15) is 13.2 Å². The summed E-state index contributed by atoms with van der Waals surface area (Å²) in [4.78, 5) is 20.4. The molecule has 0 saturated carbocycles. The number of carbonyl (C=O) groups is 1. The monoisotopic (exact) mass is 501 g/mol. The number of hydrogen-bond acceptors (Lipinski definition) is 8. The summed E-state index contributed by atoms with van der Waals surface area (Å²) in [6.07, 6.45) is 3.54. The maximum absolute atomic E-state index is 12.7. The topological polar surface area (TPSA) is 132 Å².